The summed E-state index contributed by atoms with van der Waals surface area (Å²) < 4.78 is 4.53. The van der Waals surface area contributed by atoms with E-state index in [1.165, 1.54) is 4.57 Å². The lowest BCUT2D eigenvalue weighted by Crippen LogP contribution is -2.40. The molecule has 0 radical (unpaired) electrons. The van der Waals surface area contributed by atoms with E-state index in [1.54, 1.807) is 27.3 Å². The van der Waals surface area contributed by atoms with Crippen LogP contribution >= 0.6 is 11.6 Å². The second-order valence-electron chi connectivity index (χ2n) is 5.25. The normalized spacial score (nSPS) is 11.6. The van der Waals surface area contributed by atoms with Crippen LogP contribution in [0, 0.1) is 0 Å². The van der Waals surface area contributed by atoms with Gasteiger partial charge in [-0.25, -0.2) is 9.78 Å². The number of hydrogen-bond acceptors (Lipinski definition) is 3. The van der Waals surface area contributed by atoms with Gasteiger partial charge in [-0.05, 0) is 25.0 Å². The highest BCUT2D eigenvalue weighted by Crippen LogP contribution is 2.16. The smallest absolute Gasteiger partial charge is 0.292 e. The summed E-state index contributed by atoms with van der Waals surface area (Å²) in [7, 11) is 0. The minimum absolute atomic E-state index is 0.296. The van der Waals surface area contributed by atoms with E-state index < -0.39 is 0 Å². The van der Waals surface area contributed by atoms with Gasteiger partial charge in [0.25, 0.3) is 5.56 Å². The number of pyridine rings is 1. The van der Waals surface area contributed by atoms with Crippen LogP contribution < -0.4 is 11.2 Å². The molecule has 0 atom stereocenters. The van der Waals surface area contributed by atoms with Gasteiger partial charge < -0.3 is 0 Å². The molecule has 3 aromatic heterocycles. The summed E-state index contributed by atoms with van der Waals surface area (Å²) >= 11 is 6.04. The highest BCUT2D eigenvalue weighted by atomic mass is 35.5. The maximum Gasteiger partial charge on any atom is 0.332 e. The van der Waals surface area contributed by atoms with Gasteiger partial charge in [0.05, 0.1) is 5.02 Å². The average Bonchev–Trinajstić information content (AvgIpc) is 2.86. The van der Waals surface area contributed by atoms with Crippen molar-refractivity contribution >= 4 is 28.4 Å². The Morgan fingerprint density at radius 3 is 2.45 bits per heavy atom. The summed E-state index contributed by atoms with van der Waals surface area (Å²) in [5, 5.41) is 0.515. The zero-order valence-electron chi connectivity index (χ0n) is 12.5. The van der Waals surface area contributed by atoms with Crippen molar-refractivity contribution in [3.8, 4) is 0 Å². The Hall–Kier alpha value is -2.08. The van der Waals surface area contributed by atoms with Crippen LogP contribution in [0.4, 0.5) is 0 Å². The first-order valence-electron chi connectivity index (χ1n) is 7.39. The Balaban J connectivity index is 2.54. The molecule has 0 aliphatic carbocycles. The van der Waals surface area contributed by atoms with E-state index in [0.29, 0.717) is 41.3 Å². The third-order valence-corrected chi connectivity index (χ3v) is 3.85. The maximum absolute atomic E-state index is 12.7. The Bertz CT molecular complexity index is 967. The first-order valence-corrected chi connectivity index (χ1v) is 7.77. The van der Waals surface area contributed by atoms with Crippen LogP contribution in [0.2, 0.25) is 5.02 Å². The predicted octanol–water partition coefficient (Wildman–Crippen LogP) is 2.28. The fourth-order valence-corrected chi connectivity index (χ4v) is 2.85. The fourth-order valence-electron chi connectivity index (χ4n) is 2.69. The minimum atomic E-state index is -0.316. The van der Waals surface area contributed by atoms with Crippen molar-refractivity contribution in [1.82, 2.24) is 18.5 Å². The maximum atomic E-state index is 12.7. The molecule has 116 valence electrons. The third-order valence-electron chi connectivity index (χ3n) is 3.62. The average molecular weight is 321 g/mol. The number of hydrogen-bond donors (Lipinski definition) is 0. The van der Waals surface area contributed by atoms with Gasteiger partial charge in [-0.15, -0.1) is 0 Å². The van der Waals surface area contributed by atoms with E-state index in [2.05, 4.69) is 4.98 Å². The summed E-state index contributed by atoms with van der Waals surface area (Å²) in [6.45, 7) is 4.84. The Morgan fingerprint density at radius 2 is 1.77 bits per heavy atom. The summed E-state index contributed by atoms with van der Waals surface area (Å²) in [4.78, 5) is 29.8. The van der Waals surface area contributed by atoms with Crippen molar-refractivity contribution in [2.75, 3.05) is 0 Å². The second kappa shape index (κ2) is 5.61. The van der Waals surface area contributed by atoms with Crippen molar-refractivity contribution in [3.63, 3.8) is 0 Å². The lowest BCUT2D eigenvalue weighted by molar-refractivity contribution is 0.555. The number of nitrogens with zero attached hydrogens (tertiary/aromatic N) is 4. The van der Waals surface area contributed by atoms with Crippen LogP contribution in [0.15, 0.2) is 27.9 Å². The molecule has 3 aromatic rings. The van der Waals surface area contributed by atoms with E-state index in [1.807, 2.05) is 13.8 Å². The quantitative estimate of drug-likeness (QED) is 0.741. The van der Waals surface area contributed by atoms with Gasteiger partial charge in [0.15, 0.2) is 11.2 Å². The first kappa shape index (κ1) is 14.8. The highest BCUT2D eigenvalue weighted by molar-refractivity contribution is 6.30. The van der Waals surface area contributed by atoms with Crippen LogP contribution in [-0.2, 0) is 13.1 Å². The Kier molecular flexibility index (Phi) is 3.78. The van der Waals surface area contributed by atoms with Gasteiger partial charge in [0.1, 0.15) is 5.65 Å². The van der Waals surface area contributed by atoms with Crippen molar-refractivity contribution in [3.05, 3.63) is 44.2 Å². The van der Waals surface area contributed by atoms with E-state index in [9.17, 15) is 9.59 Å². The molecule has 6 nitrogen and oxygen atoms in total. The minimum Gasteiger partial charge on any atom is -0.292 e. The van der Waals surface area contributed by atoms with Gasteiger partial charge in [-0.3, -0.25) is 18.3 Å². The molecule has 0 aromatic carbocycles. The molecule has 0 spiro atoms. The van der Waals surface area contributed by atoms with E-state index in [0.717, 1.165) is 6.42 Å². The number of aryl methyl sites for hydroxylation is 1. The molecule has 0 aliphatic rings. The number of fused-ring (bicyclic) bond motifs is 3. The van der Waals surface area contributed by atoms with E-state index >= 15 is 0 Å². The molecule has 3 heterocycles. The number of aromatic nitrogens is 4. The summed E-state index contributed by atoms with van der Waals surface area (Å²) in [6, 6.07) is 3.46. The first-order chi connectivity index (χ1) is 10.6. The second-order valence-corrected chi connectivity index (χ2v) is 5.69. The van der Waals surface area contributed by atoms with Crippen LogP contribution in [0.5, 0.6) is 0 Å². The highest BCUT2D eigenvalue weighted by Gasteiger charge is 2.17. The van der Waals surface area contributed by atoms with Crippen molar-refractivity contribution in [1.29, 1.82) is 0 Å². The van der Waals surface area contributed by atoms with Gasteiger partial charge in [-0.2, -0.15) is 0 Å². The largest absolute Gasteiger partial charge is 0.332 e. The van der Waals surface area contributed by atoms with Gasteiger partial charge in [0, 0.05) is 19.3 Å². The molecular weight excluding hydrogens is 304 g/mol. The molecule has 3 rings (SSSR count). The Labute approximate surface area is 131 Å². The molecule has 0 bridgehead atoms. The lowest BCUT2D eigenvalue weighted by atomic mass is 10.4. The van der Waals surface area contributed by atoms with Crippen LogP contribution in [0.3, 0.4) is 0 Å². The van der Waals surface area contributed by atoms with Crippen LogP contribution in [-0.4, -0.2) is 18.5 Å². The fraction of sp³-hybridized carbons (Fsp3) is 0.400. The molecular formula is C15H17ClN4O2. The zero-order valence-corrected chi connectivity index (χ0v) is 13.3. The molecule has 0 saturated heterocycles. The number of rotatable bonds is 4. The van der Waals surface area contributed by atoms with Crippen molar-refractivity contribution in [2.45, 2.75) is 39.8 Å². The molecule has 0 amide bonds. The van der Waals surface area contributed by atoms with Gasteiger partial charge >= 0.3 is 5.69 Å². The summed E-state index contributed by atoms with van der Waals surface area (Å²) in [5.41, 5.74) is 0.820. The molecule has 0 unspecified atom stereocenters. The molecule has 0 aliphatic heterocycles. The number of halogens is 1. The van der Waals surface area contributed by atoms with Crippen molar-refractivity contribution < 1.29 is 0 Å². The molecule has 0 saturated carbocycles. The molecule has 0 N–H and O–H groups in total. The van der Waals surface area contributed by atoms with Crippen LogP contribution in [0.1, 0.15) is 26.7 Å². The lowest BCUT2D eigenvalue weighted by Gasteiger charge is -2.09. The molecule has 22 heavy (non-hydrogen) atoms. The standard InChI is InChI=1S/C15H17ClN4O2/c1-3-7-18-13-12(14(21)19(8-4-2)15(18)22)20-9-10(16)5-6-11(20)17-13/h5-6,9H,3-4,7-8H2,1-2H3. The SMILES string of the molecule is CCCn1c(=O)c2c(nc3ccc(Cl)cn32)n(CCC)c1=O. The van der Waals surface area contributed by atoms with Crippen molar-refractivity contribution in [2.24, 2.45) is 0 Å². The van der Waals surface area contributed by atoms with E-state index in [4.69, 9.17) is 11.6 Å². The topological polar surface area (TPSA) is 61.3 Å². The Morgan fingerprint density at radius 1 is 1.09 bits per heavy atom. The molecule has 0 fully saturated rings. The van der Waals surface area contributed by atoms with E-state index in [-0.39, 0.29) is 11.2 Å². The monoisotopic (exact) mass is 320 g/mol. The predicted molar refractivity (Wildman–Crippen MR) is 86.8 cm³/mol. The van der Waals surface area contributed by atoms with Gasteiger partial charge in [-0.1, -0.05) is 25.4 Å². The third kappa shape index (κ3) is 2.14. The zero-order chi connectivity index (χ0) is 15.9. The van der Waals surface area contributed by atoms with Gasteiger partial charge in [0.2, 0.25) is 0 Å². The summed E-state index contributed by atoms with van der Waals surface area (Å²) in [6.07, 6.45) is 3.16. The number of imidazole rings is 1. The molecule has 7 heteroatoms. The summed E-state index contributed by atoms with van der Waals surface area (Å²) in [5.74, 6) is 0. The van der Waals surface area contributed by atoms with Crippen LogP contribution in [0.25, 0.3) is 16.8 Å².